The van der Waals surface area contributed by atoms with Crippen LogP contribution in [0.3, 0.4) is 0 Å². The predicted molar refractivity (Wildman–Crippen MR) is 124 cm³/mol. The van der Waals surface area contributed by atoms with Gasteiger partial charge in [0.2, 0.25) is 5.91 Å². The first-order valence-electron chi connectivity index (χ1n) is 11.6. The topological polar surface area (TPSA) is 66.9 Å². The number of fused-ring (bicyclic) bond motifs is 1. The molecule has 2 aliphatic heterocycles. The molecule has 1 N–H and O–H groups in total. The summed E-state index contributed by atoms with van der Waals surface area (Å²) in [5.74, 6) is 1.66. The molecule has 172 valence electrons. The summed E-state index contributed by atoms with van der Waals surface area (Å²) in [5, 5.41) is 3.19. The predicted octanol–water partition coefficient (Wildman–Crippen LogP) is 3.02. The number of nitrogens with one attached hydrogen (secondary N) is 1. The van der Waals surface area contributed by atoms with Crippen molar-refractivity contribution >= 4 is 5.91 Å². The first kappa shape index (κ1) is 22.6. The minimum atomic E-state index is -0.00681. The number of nitrogens with zero attached hydrogens (tertiary/aromatic N) is 3. The van der Waals surface area contributed by atoms with Crippen molar-refractivity contribution < 1.29 is 14.3 Å². The highest BCUT2D eigenvalue weighted by Gasteiger charge is 2.25. The SMILES string of the molecule is COc1ccc2c(c1)OC(C)CN(CC(=O)NCC(c1cccnc1)N1CCCCC1)C2. The number of hydrogen-bond acceptors (Lipinski definition) is 6. The number of ether oxygens (including phenoxy) is 2. The molecule has 3 heterocycles. The second-order valence-electron chi connectivity index (χ2n) is 8.77. The van der Waals surface area contributed by atoms with E-state index in [0.29, 0.717) is 26.2 Å². The number of pyridine rings is 1. The van der Waals surface area contributed by atoms with Crippen LogP contribution in [-0.4, -0.2) is 66.6 Å². The Balaban J connectivity index is 1.38. The van der Waals surface area contributed by atoms with Crippen molar-refractivity contribution in [2.24, 2.45) is 0 Å². The Morgan fingerprint density at radius 2 is 2.12 bits per heavy atom. The molecule has 0 aliphatic carbocycles. The van der Waals surface area contributed by atoms with Crippen molar-refractivity contribution in [2.45, 2.75) is 44.9 Å². The van der Waals surface area contributed by atoms with Gasteiger partial charge in [0, 0.05) is 43.7 Å². The van der Waals surface area contributed by atoms with Crippen molar-refractivity contribution in [3.63, 3.8) is 0 Å². The Bertz CT molecular complexity index is 886. The molecule has 0 radical (unpaired) electrons. The smallest absolute Gasteiger partial charge is 0.234 e. The highest BCUT2D eigenvalue weighted by Crippen LogP contribution is 2.29. The molecule has 1 aromatic heterocycles. The van der Waals surface area contributed by atoms with Crippen LogP contribution in [0.25, 0.3) is 0 Å². The minimum absolute atomic E-state index is 0.00681. The van der Waals surface area contributed by atoms with E-state index in [9.17, 15) is 4.79 Å². The Morgan fingerprint density at radius 1 is 1.28 bits per heavy atom. The van der Waals surface area contributed by atoms with Crippen LogP contribution in [0.1, 0.15) is 43.4 Å². The molecule has 7 heteroatoms. The summed E-state index contributed by atoms with van der Waals surface area (Å²) in [4.78, 5) is 21.8. The molecule has 1 amide bonds. The molecule has 1 aromatic carbocycles. The van der Waals surface area contributed by atoms with Crippen molar-refractivity contribution in [3.8, 4) is 11.5 Å². The summed E-state index contributed by atoms with van der Waals surface area (Å²) >= 11 is 0. The quantitative estimate of drug-likeness (QED) is 0.717. The van der Waals surface area contributed by atoms with Crippen LogP contribution in [0.4, 0.5) is 0 Å². The van der Waals surface area contributed by atoms with Gasteiger partial charge in [0.05, 0.1) is 19.7 Å². The van der Waals surface area contributed by atoms with Gasteiger partial charge < -0.3 is 14.8 Å². The van der Waals surface area contributed by atoms with Gasteiger partial charge in [-0.1, -0.05) is 18.6 Å². The molecule has 0 spiro atoms. The zero-order chi connectivity index (χ0) is 22.3. The monoisotopic (exact) mass is 438 g/mol. The lowest BCUT2D eigenvalue weighted by Crippen LogP contribution is -2.44. The zero-order valence-corrected chi connectivity index (χ0v) is 19.1. The lowest BCUT2D eigenvalue weighted by atomic mass is 10.0. The molecule has 4 rings (SSSR count). The molecule has 7 nitrogen and oxygen atoms in total. The van der Waals surface area contributed by atoms with E-state index in [2.05, 4.69) is 26.2 Å². The zero-order valence-electron chi connectivity index (χ0n) is 19.1. The standard InChI is InChI=1S/C25H34N4O3/c1-19-16-28(17-21-8-9-22(31-2)13-24(21)32-19)18-25(30)27-15-23(20-7-6-10-26-14-20)29-11-4-3-5-12-29/h6-10,13-14,19,23H,3-5,11-12,15-18H2,1-2H3,(H,27,30). The third-order valence-electron chi connectivity index (χ3n) is 6.27. The van der Waals surface area contributed by atoms with Gasteiger partial charge in [-0.2, -0.15) is 0 Å². The number of amides is 1. The number of methoxy groups -OCH3 is 1. The van der Waals surface area contributed by atoms with Crippen molar-refractivity contribution in [3.05, 3.63) is 53.9 Å². The van der Waals surface area contributed by atoms with Gasteiger partial charge in [-0.3, -0.25) is 19.6 Å². The molecule has 2 atom stereocenters. The maximum atomic E-state index is 12.9. The minimum Gasteiger partial charge on any atom is -0.497 e. The second kappa shape index (κ2) is 10.8. The van der Waals surface area contributed by atoms with Crippen LogP contribution in [0, 0.1) is 0 Å². The maximum Gasteiger partial charge on any atom is 0.234 e. The van der Waals surface area contributed by atoms with Crippen LogP contribution in [0.15, 0.2) is 42.7 Å². The average molecular weight is 439 g/mol. The molecule has 32 heavy (non-hydrogen) atoms. The molecule has 2 aromatic rings. The average Bonchev–Trinajstić information content (AvgIpc) is 2.97. The van der Waals surface area contributed by atoms with Gasteiger partial charge in [-0.25, -0.2) is 0 Å². The molecular weight excluding hydrogens is 404 g/mol. The number of carbonyl (C=O) groups excluding carboxylic acids is 1. The van der Waals surface area contributed by atoms with E-state index in [1.54, 1.807) is 13.3 Å². The third-order valence-corrected chi connectivity index (χ3v) is 6.27. The fourth-order valence-electron chi connectivity index (χ4n) is 4.68. The largest absolute Gasteiger partial charge is 0.497 e. The maximum absolute atomic E-state index is 12.9. The summed E-state index contributed by atoms with van der Waals surface area (Å²) in [6, 6.07) is 10.1. The van der Waals surface area contributed by atoms with E-state index in [-0.39, 0.29) is 18.1 Å². The number of benzene rings is 1. The van der Waals surface area contributed by atoms with Crippen LogP contribution >= 0.6 is 0 Å². The highest BCUT2D eigenvalue weighted by atomic mass is 16.5. The summed E-state index contributed by atoms with van der Waals surface area (Å²) in [6.07, 6.45) is 7.41. The Labute approximate surface area is 190 Å². The normalized spacial score (nSPS) is 20.5. The summed E-state index contributed by atoms with van der Waals surface area (Å²) < 4.78 is 11.4. The van der Waals surface area contributed by atoms with Gasteiger partial charge in [-0.05, 0) is 50.6 Å². The van der Waals surface area contributed by atoms with Crippen molar-refractivity contribution in [2.75, 3.05) is 39.8 Å². The number of carbonyl (C=O) groups is 1. The lowest BCUT2D eigenvalue weighted by molar-refractivity contribution is -0.122. The molecule has 0 saturated carbocycles. The van der Waals surface area contributed by atoms with Crippen molar-refractivity contribution in [1.29, 1.82) is 0 Å². The summed E-state index contributed by atoms with van der Waals surface area (Å²) in [6.45, 7) is 6.48. The Hall–Kier alpha value is -2.64. The fourth-order valence-corrected chi connectivity index (χ4v) is 4.68. The lowest BCUT2D eigenvalue weighted by Gasteiger charge is -2.35. The number of aromatic nitrogens is 1. The van der Waals surface area contributed by atoms with Gasteiger partial charge in [0.1, 0.15) is 17.6 Å². The number of likely N-dealkylation sites (tertiary alicyclic amines) is 1. The number of hydrogen-bond donors (Lipinski definition) is 1. The van der Waals surface area contributed by atoms with Crippen LogP contribution in [0.5, 0.6) is 11.5 Å². The number of rotatable bonds is 7. The molecular formula is C25H34N4O3. The van der Waals surface area contributed by atoms with Gasteiger partial charge in [0.15, 0.2) is 0 Å². The van der Waals surface area contributed by atoms with Gasteiger partial charge >= 0.3 is 0 Å². The van der Waals surface area contributed by atoms with Gasteiger partial charge in [-0.15, -0.1) is 0 Å². The van der Waals surface area contributed by atoms with E-state index in [0.717, 1.165) is 35.7 Å². The van der Waals surface area contributed by atoms with Gasteiger partial charge in [0.25, 0.3) is 0 Å². The van der Waals surface area contributed by atoms with Crippen LogP contribution in [-0.2, 0) is 11.3 Å². The molecule has 2 aliphatic rings. The molecule has 0 bridgehead atoms. The summed E-state index contributed by atoms with van der Waals surface area (Å²) in [7, 11) is 1.65. The fraction of sp³-hybridized carbons (Fsp3) is 0.520. The molecule has 1 fully saturated rings. The third kappa shape index (κ3) is 5.78. The molecule has 1 saturated heterocycles. The Morgan fingerprint density at radius 3 is 2.88 bits per heavy atom. The van der Waals surface area contributed by atoms with Crippen LogP contribution < -0.4 is 14.8 Å². The second-order valence-corrected chi connectivity index (χ2v) is 8.77. The first-order chi connectivity index (χ1) is 15.6. The Kier molecular flexibility index (Phi) is 7.60. The first-order valence-corrected chi connectivity index (χ1v) is 11.6. The van der Waals surface area contributed by atoms with E-state index >= 15 is 0 Å². The van der Waals surface area contributed by atoms with Crippen molar-refractivity contribution in [1.82, 2.24) is 20.1 Å². The number of piperidine rings is 1. The van der Waals surface area contributed by atoms with E-state index in [1.807, 2.05) is 37.4 Å². The molecule has 2 unspecified atom stereocenters. The van der Waals surface area contributed by atoms with E-state index in [4.69, 9.17) is 9.47 Å². The van der Waals surface area contributed by atoms with E-state index < -0.39 is 0 Å². The van der Waals surface area contributed by atoms with Crippen LogP contribution in [0.2, 0.25) is 0 Å². The van der Waals surface area contributed by atoms with E-state index in [1.165, 1.54) is 19.3 Å². The summed E-state index contributed by atoms with van der Waals surface area (Å²) in [5.41, 5.74) is 2.24. The highest BCUT2D eigenvalue weighted by molar-refractivity contribution is 5.78.